The zero-order valence-corrected chi connectivity index (χ0v) is 14.5. The van der Waals surface area contributed by atoms with E-state index in [1.807, 2.05) is 30.0 Å². The number of aliphatic hydroxyl groups is 1. The minimum atomic E-state index is -0.268. The van der Waals surface area contributed by atoms with Gasteiger partial charge in [-0.1, -0.05) is 6.07 Å². The van der Waals surface area contributed by atoms with E-state index in [0.29, 0.717) is 13.0 Å². The molecular formula is C19H28N2O3. The standard InChI is InChI=1S/C19H28N2O3/c1-2-24-17-14-16(22)19(17)9-12-21(13-10-19)18(23)8-5-7-15-6-3-4-11-20-15/h3-4,6,11,16-17,22H,2,5,7-10,12-14H2,1H3/t16-,17+/m1/s1. The lowest BCUT2D eigenvalue weighted by Gasteiger charge is -2.56. The quantitative estimate of drug-likeness (QED) is 0.867. The van der Waals surface area contributed by atoms with Gasteiger partial charge in [-0.3, -0.25) is 9.78 Å². The van der Waals surface area contributed by atoms with E-state index in [1.165, 1.54) is 0 Å². The van der Waals surface area contributed by atoms with Crippen LogP contribution in [0.4, 0.5) is 0 Å². The topological polar surface area (TPSA) is 62.7 Å². The van der Waals surface area contributed by atoms with E-state index >= 15 is 0 Å². The third-order valence-electron chi connectivity index (χ3n) is 5.71. The number of aryl methyl sites for hydroxylation is 1. The summed E-state index contributed by atoms with van der Waals surface area (Å²) in [7, 11) is 0. The van der Waals surface area contributed by atoms with Gasteiger partial charge in [-0.25, -0.2) is 0 Å². The average Bonchev–Trinajstić information content (AvgIpc) is 2.62. The lowest BCUT2D eigenvalue weighted by Crippen LogP contribution is -2.62. The van der Waals surface area contributed by atoms with Crippen LogP contribution >= 0.6 is 0 Å². The second kappa shape index (κ2) is 7.62. The van der Waals surface area contributed by atoms with Crippen molar-refractivity contribution in [2.45, 2.75) is 57.7 Å². The van der Waals surface area contributed by atoms with Gasteiger partial charge in [-0.05, 0) is 44.7 Å². The van der Waals surface area contributed by atoms with Crippen LogP contribution in [-0.4, -0.2) is 52.8 Å². The van der Waals surface area contributed by atoms with Crippen LogP contribution in [-0.2, 0) is 16.0 Å². The number of likely N-dealkylation sites (tertiary alicyclic amines) is 1. The van der Waals surface area contributed by atoms with Crippen molar-refractivity contribution < 1.29 is 14.6 Å². The molecule has 5 nitrogen and oxygen atoms in total. The van der Waals surface area contributed by atoms with Gasteiger partial charge in [-0.2, -0.15) is 0 Å². The number of hydrogen-bond acceptors (Lipinski definition) is 4. The molecule has 1 aromatic rings. The number of hydrogen-bond donors (Lipinski definition) is 1. The van der Waals surface area contributed by atoms with E-state index in [0.717, 1.165) is 50.9 Å². The van der Waals surface area contributed by atoms with Crippen LogP contribution in [0.25, 0.3) is 0 Å². The van der Waals surface area contributed by atoms with Crippen LogP contribution < -0.4 is 0 Å². The smallest absolute Gasteiger partial charge is 0.222 e. The third-order valence-corrected chi connectivity index (χ3v) is 5.71. The molecule has 1 saturated heterocycles. The van der Waals surface area contributed by atoms with Crippen LogP contribution in [0.3, 0.4) is 0 Å². The van der Waals surface area contributed by atoms with Gasteiger partial charge in [0.1, 0.15) is 0 Å². The molecule has 5 heteroatoms. The molecule has 1 amide bonds. The second-order valence-corrected chi connectivity index (χ2v) is 6.98. The molecule has 3 rings (SSSR count). The fourth-order valence-corrected chi connectivity index (χ4v) is 4.11. The number of aromatic nitrogens is 1. The van der Waals surface area contributed by atoms with Crippen molar-refractivity contribution >= 4 is 5.91 Å². The Morgan fingerprint density at radius 2 is 2.21 bits per heavy atom. The molecule has 1 spiro atoms. The van der Waals surface area contributed by atoms with Crippen molar-refractivity contribution in [1.29, 1.82) is 0 Å². The summed E-state index contributed by atoms with van der Waals surface area (Å²) in [5.74, 6) is 0.225. The number of piperidine rings is 1. The normalized spacial score (nSPS) is 25.5. The van der Waals surface area contributed by atoms with E-state index in [-0.39, 0.29) is 23.5 Å². The maximum absolute atomic E-state index is 12.4. The lowest BCUT2D eigenvalue weighted by molar-refractivity contribution is -0.210. The van der Waals surface area contributed by atoms with Gasteiger partial charge in [0.05, 0.1) is 12.2 Å². The van der Waals surface area contributed by atoms with E-state index in [2.05, 4.69) is 4.98 Å². The van der Waals surface area contributed by atoms with Crippen molar-refractivity contribution in [3.05, 3.63) is 30.1 Å². The molecule has 0 bridgehead atoms. The Morgan fingerprint density at radius 1 is 1.42 bits per heavy atom. The van der Waals surface area contributed by atoms with Gasteiger partial charge in [0.25, 0.3) is 0 Å². The first kappa shape index (κ1) is 17.4. The number of pyridine rings is 1. The van der Waals surface area contributed by atoms with Crippen LogP contribution in [0, 0.1) is 5.41 Å². The van der Waals surface area contributed by atoms with Crippen LogP contribution in [0.2, 0.25) is 0 Å². The molecule has 0 radical (unpaired) electrons. The van der Waals surface area contributed by atoms with Crippen molar-refractivity contribution in [1.82, 2.24) is 9.88 Å². The molecule has 1 N–H and O–H groups in total. The zero-order chi connectivity index (χ0) is 17.0. The molecule has 2 heterocycles. The molecule has 0 aromatic carbocycles. The minimum absolute atomic E-state index is 0.110. The number of amides is 1. The first-order valence-corrected chi connectivity index (χ1v) is 9.13. The largest absolute Gasteiger partial charge is 0.392 e. The Balaban J connectivity index is 1.43. The van der Waals surface area contributed by atoms with Crippen molar-refractivity contribution in [3.63, 3.8) is 0 Å². The van der Waals surface area contributed by atoms with Gasteiger partial charge < -0.3 is 14.7 Å². The maximum Gasteiger partial charge on any atom is 0.222 e. The Bertz CT molecular complexity index is 539. The first-order chi connectivity index (χ1) is 11.7. The third kappa shape index (κ3) is 3.47. The van der Waals surface area contributed by atoms with Crippen LogP contribution in [0.1, 0.15) is 44.7 Å². The summed E-state index contributed by atoms with van der Waals surface area (Å²) in [6.07, 6.45) is 6.38. The highest BCUT2D eigenvalue weighted by Gasteiger charge is 2.56. The van der Waals surface area contributed by atoms with Gasteiger partial charge >= 0.3 is 0 Å². The van der Waals surface area contributed by atoms with Crippen molar-refractivity contribution in [2.24, 2.45) is 5.41 Å². The Hall–Kier alpha value is -1.46. The van der Waals surface area contributed by atoms with Gasteiger partial charge in [0.2, 0.25) is 5.91 Å². The summed E-state index contributed by atoms with van der Waals surface area (Å²) in [5.41, 5.74) is 0.931. The lowest BCUT2D eigenvalue weighted by atomic mass is 9.58. The van der Waals surface area contributed by atoms with Gasteiger partial charge in [0, 0.05) is 49.8 Å². The van der Waals surface area contributed by atoms with E-state index < -0.39 is 0 Å². The molecule has 1 aliphatic carbocycles. The van der Waals surface area contributed by atoms with Crippen LogP contribution in [0.5, 0.6) is 0 Å². The molecule has 0 unspecified atom stereocenters. The predicted octanol–water partition coefficient (Wildman–Crippen LogP) is 2.18. The molecule has 2 fully saturated rings. The van der Waals surface area contributed by atoms with Crippen LogP contribution in [0.15, 0.2) is 24.4 Å². The number of carbonyl (C=O) groups is 1. The second-order valence-electron chi connectivity index (χ2n) is 6.98. The highest BCUT2D eigenvalue weighted by Crippen LogP contribution is 2.50. The molecule has 24 heavy (non-hydrogen) atoms. The molecule has 1 aromatic heterocycles. The summed E-state index contributed by atoms with van der Waals surface area (Å²) in [5, 5.41) is 10.2. The van der Waals surface area contributed by atoms with E-state index in [4.69, 9.17) is 4.74 Å². The van der Waals surface area contributed by atoms with E-state index in [9.17, 15) is 9.90 Å². The molecule has 1 aliphatic heterocycles. The summed E-state index contributed by atoms with van der Waals surface area (Å²) >= 11 is 0. The molecule has 2 aliphatic rings. The van der Waals surface area contributed by atoms with E-state index in [1.54, 1.807) is 6.20 Å². The molecular weight excluding hydrogens is 304 g/mol. The predicted molar refractivity (Wildman–Crippen MR) is 91.5 cm³/mol. The summed E-state index contributed by atoms with van der Waals surface area (Å²) < 4.78 is 5.78. The number of nitrogens with zero attached hydrogens (tertiary/aromatic N) is 2. The maximum atomic E-state index is 12.4. The SMILES string of the molecule is CCO[C@H]1C[C@@H](O)C12CCN(C(=O)CCCc1ccccn1)CC2. The highest BCUT2D eigenvalue weighted by atomic mass is 16.5. The summed E-state index contributed by atoms with van der Waals surface area (Å²) in [6, 6.07) is 5.89. The Kier molecular flexibility index (Phi) is 5.51. The minimum Gasteiger partial charge on any atom is -0.392 e. The number of aliphatic hydroxyl groups excluding tert-OH is 1. The monoisotopic (exact) mass is 332 g/mol. The number of ether oxygens (including phenoxy) is 1. The summed E-state index contributed by atoms with van der Waals surface area (Å²) in [6.45, 7) is 4.17. The fourth-order valence-electron chi connectivity index (χ4n) is 4.11. The fraction of sp³-hybridized carbons (Fsp3) is 0.684. The molecule has 132 valence electrons. The highest BCUT2D eigenvalue weighted by molar-refractivity contribution is 5.76. The van der Waals surface area contributed by atoms with Crippen molar-refractivity contribution in [2.75, 3.05) is 19.7 Å². The molecule has 1 saturated carbocycles. The Labute approximate surface area is 144 Å². The molecule has 2 atom stereocenters. The number of carbonyl (C=O) groups excluding carboxylic acids is 1. The average molecular weight is 332 g/mol. The summed E-state index contributed by atoms with van der Waals surface area (Å²) in [4.78, 5) is 18.7. The Morgan fingerprint density at radius 3 is 2.83 bits per heavy atom. The number of rotatable bonds is 6. The van der Waals surface area contributed by atoms with Gasteiger partial charge in [-0.15, -0.1) is 0 Å². The van der Waals surface area contributed by atoms with Gasteiger partial charge in [0.15, 0.2) is 0 Å². The zero-order valence-electron chi connectivity index (χ0n) is 14.5. The van der Waals surface area contributed by atoms with Crippen molar-refractivity contribution in [3.8, 4) is 0 Å². The first-order valence-electron chi connectivity index (χ1n) is 9.13.